The molecule has 15 heavy (non-hydrogen) atoms. The van der Waals surface area contributed by atoms with Crippen LogP contribution in [-0.2, 0) is 0 Å². The average Bonchev–Trinajstić information content (AvgIpc) is 2.21. The zero-order valence-corrected chi connectivity index (χ0v) is 7.97. The van der Waals surface area contributed by atoms with Crippen LogP contribution in [0.15, 0.2) is 18.2 Å². The zero-order chi connectivity index (χ0) is 11.4. The molecule has 0 aliphatic carbocycles. The van der Waals surface area contributed by atoms with E-state index in [4.69, 9.17) is 10.2 Å². The normalized spacial score (nSPS) is 14.9. The van der Waals surface area contributed by atoms with E-state index in [1.165, 1.54) is 0 Å². The van der Waals surface area contributed by atoms with Gasteiger partial charge in [0.05, 0.1) is 6.10 Å². The first kappa shape index (κ1) is 11.9. The lowest BCUT2D eigenvalue weighted by Gasteiger charge is -2.17. The van der Waals surface area contributed by atoms with Gasteiger partial charge in [0, 0.05) is 12.2 Å². The third-order valence-electron chi connectivity index (χ3n) is 2.09. The van der Waals surface area contributed by atoms with Crippen LogP contribution in [0.3, 0.4) is 0 Å². The summed E-state index contributed by atoms with van der Waals surface area (Å²) in [5, 5.41) is 36.5. The first-order valence-corrected chi connectivity index (χ1v) is 4.51. The molecular formula is C10H13FO4. The fraction of sp³-hybridized carbons (Fsp3) is 0.400. The molecule has 0 amide bonds. The smallest absolute Gasteiger partial charge is 0.129 e. The van der Waals surface area contributed by atoms with Gasteiger partial charge in [-0.15, -0.1) is 0 Å². The second-order valence-corrected chi connectivity index (χ2v) is 3.23. The molecule has 0 aliphatic rings. The van der Waals surface area contributed by atoms with Crippen LogP contribution in [-0.4, -0.2) is 33.1 Å². The maximum absolute atomic E-state index is 13.2. The van der Waals surface area contributed by atoms with Crippen molar-refractivity contribution in [2.45, 2.75) is 18.6 Å². The molecule has 4 nitrogen and oxygen atoms in total. The molecule has 0 fully saturated rings. The van der Waals surface area contributed by atoms with Crippen LogP contribution in [0.2, 0.25) is 0 Å². The highest BCUT2D eigenvalue weighted by atomic mass is 19.1. The summed E-state index contributed by atoms with van der Waals surface area (Å²) in [5.41, 5.74) is -0.184. The Hall–Kier alpha value is -1.17. The molecular weight excluding hydrogens is 203 g/mol. The fourth-order valence-corrected chi connectivity index (χ4v) is 1.26. The Morgan fingerprint density at radius 3 is 2.53 bits per heavy atom. The first-order valence-electron chi connectivity index (χ1n) is 4.51. The van der Waals surface area contributed by atoms with Gasteiger partial charge in [0.15, 0.2) is 0 Å². The molecule has 0 radical (unpaired) electrons. The summed E-state index contributed by atoms with van der Waals surface area (Å²) in [6.07, 6.45) is -2.77. The van der Waals surface area contributed by atoms with E-state index in [0.717, 1.165) is 18.2 Å². The van der Waals surface area contributed by atoms with Gasteiger partial charge in [-0.25, -0.2) is 4.39 Å². The SMILES string of the molecule is OCCC(O)C(O)c1cc(O)ccc1F. The minimum atomic E-state index is -1.45. The van der Waals surface area contributed by atoms with Crippen molar-refractivity contribution in [3.63, 3.8) is 0 Å². The van der Waals surface area contributed by atoms with Crippen LogP contribution in [0.5, 0.6) is 5.75 Å². The summed E-state index contributed by atoms with van der Waals surface area (Å²) in [5.74, 6) is -0.904. The topological polar surface area (TPSA) is 80.9 Å². The molecule has 0 heterocycles. The van der Waals surface area contributed by atoms with Gasteiger partial charge in [0.2, 0.25) is 0 Å². The molecule has 2 unspecified atom stereocenters. The van der Waals surface area contributed by atoms with Crippen LogP contribution in [0.1, 0.15) is 18.1 Å². The predicted octanol–water partition coefficient (Wildman–Crippen LogP) is 0.308. The van der Waals surface area contributed by atoms with Gasteiger partial charge in [0.1, 0.15) is 17.7 Å². The number of phenols is 1. The number of hydrogen-bond donors (Lipinski definition) is 4. The van der Waals surface area contributed by atoms with Crippen molar-refractivity contribution in [1.29, 1.82) is 0 Å². The van der Waals surface area contributed by atoms with Crippen LogP contribution in [0.4, 0.5) is 4.39 Å². The lowest BCUT2D eigenvalue weighted by Crippen LogP contribution is -2.20. The maximum atomic E-state index is 13.2. The summed E-state index contributed by atoms with van der Waals surface area (Å²) in [6.45, 7) is -0.307. The lowest BCUT2D eigenvalue weighted by molar-refractivity contribution is 0.00227. The van der Waals surface area contributed by atoms with Gasteiger partial charge < -0.3 is 20.4 Å². The average molecular weight is 216 g/mol. The number of hydrogen-bond acceptors (Lipinski definition) is 4. The van der Waals surface area contributed by atoms with Crippen LogP contribution >= 0.6 is 0 Å². The molecule has 1 aromatic rings. The van der Waals surface area contributed by atoms with E-state index < -0.39 is 18.0 Å². The van der Waals surface area contributed by atoms with Crippen molar-refractivity contribution in [3.8, 4) is 5.75 Å². The minimum Gasteiger partial charge on any atom is -0.508 e. The summed E-state index contributed by atoms with van der Waals surface area (Å²) in [7, 11) is 0. The molecule has 0 aliphatic heterocycles. The summed E-state index contributed by atoms with van der Waals surface area (Å²) in [4.78, 5) is 0. The Morgan fingerprint density at radius 2 is 1.93 bits per heavy atom. The van der Waals surface area contributed by atoms with E-state index in [2.05, 4.69) is 0 Å². The third kappa shape index (κ3) is 2.89. The Labute approximate surface area is 86.2 Å². The molecule has 0 bridgehead atoms. The van der Waals surface area contributed by atoms with E-state index in [0.29, 0.717) is 0 Å². The van der Waals surface area contributed by atoms with Crippen LogP contribution in [0.25, 0.3) is 0 Å². The van der Waals surface area contributed by atoms with Gasteiger partial charge >= 0.3 is 0 Å². The van der Waals surface area contributed by atoms with Gasteiger partial charge in [-0.3, -0.25) is 0 Å². The molecule has 0 aromatic heterocycles. The number of benzene rings is 1. The summed E-state index contributed by atoms with van der Waals surface area (Å²) in [6, 6.07) is 3.18. The van der Waals surface area contributed by atoms with Gasteiger partial charge in [-0.05, 0) is 24.6 Å². The Morgan fingerprint density at radius 1 is 1.27 bits per heavy atom. The fourth-order valence-electron chi connectivity index (χ4n) is 1.26. The second-order valence-electron chi connectivity index (χ2n) is 3.23. The maximum Gasteiger partial charge on any atom is 0.129 e. The molecule has 0 saturated carbocycles. The number of halogens is 1. The summed E-state index contributed by atoms with van der Waals surface area (Å²) < 4.78 is 13.2. The van der Waals surface area contributed by atoms with E-state index >= 15 is 0 Å². The highest BCUT2D eigenvalue weighted by molar-refractivity contribution is 5.30. The molecule has 5 heteroatoms. The second kappa shape index (κ2) is 5.06. The minimum absolute atomic E-state index is 0.0593. The number of aliphatic hydroxyl groups excluding tert-OH is 3. The third-order valence-corrected chi connectivity index (χ3v) is 2.09. The summed E-state index contributed by atoms with van der Waals surface area (Å²) >= 11 is 0. The monoisotopic (exact) mass is 216 g/mol. The number of aromatic hydroxyl groups is 1. The quantitative estimate of drug-likeness (QED) is 0.584. The zero-order valence-electron chi connectivity index (χ0n) is 7.97. The van der Waals surface area contributed by atoms with E-state index in [1.807, 2.05) is 0 Å². The standard InChI is InChI=1S/C10H13FO4/c11-8-2-1-6(13)5-7(8)10(15)9(14)3-4-12/h1-2,5,9-10,12-15H,3-4H2. The number of phenolic OH excluding ortho intramolecular Hbond substituents is 1. The molecule has 84 valence electrons. The van der Waals surface area contributed by atoms with Crippen molar-refractivity contribution < 1.29 is 24.8 Å². The molecule has 1 aromatic carbocycles. The molecule has 0 spiro atoms. The molecule has 4 N–H and O–H groups in total. The van der Waals surface area contributed by atoms with E-state index in [9.17, 15) is 14.6 Å². The van der Waals surface area contributed by atoms with Gasteiger partial charge in [-0.1, -0.05) is 0 Å². The predicted molar refractivity (Wildman–Crippen MR) is 50.7 cm³/mol. The van der Waals surface area contributed by atoms with E-state index in [1.54, 1.807) is 0 Å². The van der Waals surface area contributed by atoms with Crippen LogP contribution in [0, 0.1) is 5.82 Å². The van der Waals surface area contributed by atoms with Crippen molar-refractivity contribution in [2.75, 3.05) is 6.61 Å². The van der Waals surface area contributed by atoms with Crippen LogP contribution < -0.4 is 0 Å². The lowest BCUT2D eigenvalue weighted by atomic mass is 10.0. The Bertz CT molecular complexity index is 329. The largest absolute Gasteiger partial charge is 0.508 e. The first-order chi connectivity index (χ1) is 7.06. The van der Waals surface area contributed by atoms with Crippen molar-refractivity contribution >= 4 is 0 Å². The van der Waals surface area contributed by atoms with Crippen molar-refractivity contribution in [3.05, 3.63) is 29.6 Å². The molecule has 0 saturated heterocycles. The molecule has 1 rings (SSSR count). The van der Waals surface area contributed by atoms with Crippen molar-refractivity contribution in [2.24, 2.45) is 0 Å². The Kier molecular flexibility index (Phi) is 4.02. The van der Waals surface area contributed by atoms with E-state index in [-0.39, 0.29) is 24.3 Å². The Balaban J connectivity index is 2.89. The highest BCUT2D eigenvalue weighted by Gasteiger charge is 2.21. The van der Waals surface area contributed by atoms with Crippen molar-refractivity contribution in [1.82, 2.24) is 0 Å². The van der Waals surface area contributed by atoms with Gasteiger partial charge in [-0.2, -0.15) is 0 Å². The molecule has 2 atom stereocenters. The number of rotatable bonds is 4. The number of aliphatic hydroxyl groups is 3. The highest BCUT2D eigenvalue weighted by Crippen LogP contribution is 2.25. The van der Waals surface area contributed by atoms with Gasteiger partial charge in [0.25, 0.3) is 0 Å².